The van der Waals surface area contributed by atoms with Crippen LogP contribution in [0, 0.1) is 0 Å². The SMILES string of the molecule is C=Cn1cc(CNc2cnn(CC(=O)NC)c2)cn1. The molecule has 0 bridgehead atoms. The number of aromatic nitrogens is 4. The largest absolute Gasteiger partial charge is 0.378 e. The van der Waals surface area contributed by atoms with Gasteiger partial charge in [-0.3, -0.25) is 9.48 Å². The molecular formula is C12H16N6O. The number of nitrogens with one attached hydrogen (secondary N) is 2. The van der Waals surface area contributed by atoms with Gasteiger partial charge in [-0.25, -0.2) is 4.68 Å². The number of hydrogen-bond donors (Lipinski definition) is 2. The zero-order valence-electron chi connectivity index (χ0n) is 10.7. The fraction of sp³-hybridized carbons (Fsp3) is 0.250. The molecule has 7 nitrogen and oxygen atoms in total. The second-order valence-corrected chi connectivity index (χ2v) is 3.96. The Hall–Kier alpha value is -2.57. The summed E-state index contributed by atoms with van der Waals surface area (Å²) in [5.74, 6) is -0.0816. The van der Waals surface area contributed by atoms with Gasteiger partial charge in [0.1, 0.15) is 6.54 Å². The van der Waals surface area contributed by atoms with Gasteiger partial charge in [0.15, 0.2) is 0 Å². The van der Waals surface area contributed by atoms with Gasteiger partial charge in [0.2, 0.25) is 5.91 Å². The van der Waals surface area contributed by atoms with Crippen LogP contribution in [0.2, 0.25) is 0 Å². The van der Waals surface area contributed by atoms with Gasteiger partial charge in [0.25, 0.3) is 0 Å². The van der Waals surface area contributed by atoms with E-state index >= 15 is 0 Å². The fourth-order valence-electron chi connectivity index (χ4n) is 1.54. The third-order valence-electron chi connectivity index (χ3n) is 2.56. The first kappa shape index (κ1) is 12.9. The van der Waals surface area contributed by atoms with Gasteiger partial charge in [-0.15, -0.1) is 0 Å². The normalized spacial score (nSPS) is 10.2. The van der Waals surface area contributed by atoms with Gasteiger partial charge < -0.3 is 10.6 Å². The maximum Gasteiger partial charge on any atom is 0.241 e. The summed E-state index contributed by atoms with van der Waals surface area (Å²) >= 11 is 0. The number of anilines is 1. The number of nitrogens with zero attached hydrogens (tertiary/aromatic N) is 4. The predicted molar refractivity (Wildman–Crippen MR) is 72.2 cm³/mol. The predicted octanol–water partition coefficient (Wildman–Crippen LogP) is 0.538. The van der Waals surface area contributed by atoms with Crippen LogP contribution in [0.5, 0.6) is 0 Å². The van der Waals surface area contributed by atoms with Crippen molar-refractivity contribution in [1.82, 2.24) is 24.9 Å². The molecule has 2 rings (SSSR count). The van der Waals surface area contributed by atoms with E-state index in [0.717, 1.165) is 11.3 Å². The molecule has 2 aromatic rings. The molecule has 0 aliphatic carbocycles. The van der Waals surface area contributed by atoms with Crippen LogP contribution in [0.15, 0.2) is 31.4 Å². The van der Waals surface area contributed by atoms with Crippen molar-refractivity contribution < 1.29 is 4.79 Å². The lowest BCUT2D eigenvalue weighted by molar-refractivity contribution is -0.121. The molecule has 19 heavy (non-hydrogen) atoms. The van der Waals surface area contributed by atoms with Crippen LogP contribution in [0.1, 0.15) is 5.56 Å². The Balaban J connectivity index is 1.89. The lowest BCUT2D eigenvalue weighted by atomic mass is 10.3. The van der Waals surface area contributed by atoms with Crippen LogP contribution in [0.3, 0.4) is 0 Å². The molecule has 7 heteroatoms. The summed E-state index contributed by atoms with van der Waals surface area (Å²) < 4.78 is 3.22. The summed E-state index contributed by atoms with van der Waals surface area (Å²) in [6, 6.07) is 0. The highest BCUT2D eigenvalue weighted by atomic mass is 16.1. The van der Waals surface area contributed by atoms with E-state index in [2.05, 4.69) is 27.4 Å². The van der Waals surface area contributed by atoms with Crippen molar-refractivity contribution in [1.29, 1.82) is 0 Å². The van der Waals surface area contributed by atoms with E-state index in [9.17, 15) is 4.79 Å². The van der Waals surface area contributed by atoms with Gasteiger partial charge in [-0.05, 0) is 0 Å². The highest BCUT2D eigenvalue weighted by Gasteiger charge is 2.03. The monoisotopic (exact) mass is 260 g/mol. The molecule has 2 N–H and O–H groups in total. The van der Waals surface area contributed by atoms with E-state index in [1.165, 1.54) is 0 Å². The summed E-state index contributed by atoms with van der Waals surface area (Å²) in [5.41, 5.74) is 1.90. The Morgan fingerprint density at radius 2 is 2.26 bits per heavy atom. The Bertz CT molecular complexity index is 570. The average Bonchev–Trinajstić information content (AvgIpc) is 3.05. The summed E-state index contributed by atoms with van der Waals surface area (Å²) in [6.07, 6.45) is 8.75. The standard InChI is InChI=1S/C12H16N6O/c1-3-17-7-10(5-15-17)4-14-11-6-16-18(8-11)9-12(19)13-2/h3,5-8,14H,1,4,9H2,2H3,(H,13,19). The molecule has 0 unspecified atom stereocenters. The van der Waals surface area contributed by atoms with E-state index in [-0.39, 0.29) is 12.5 Å². The zero-order chi connectivity index (χ0) is 13.7. The minimum atomic E-state index is -0.0816. The lowest BCUT2D eigenvalue weighted by Gasteiger charge is -2.00. The van der Waals surface area contributed by atoms with Gasteiger partial charge in [0.05, 0.1) is 18.1 Å². The third kappa shape index (κ3) is 3.44. The van der Waals surface area contributed by atoms with Crippen LogP contribution >= 0.6 is 0 Å². The Labute approximate surface area is 110 Å². The molecule has 0 saturated heterocycles. The van der Waals surface area contributed by atoms with Crippen LogP contribution < -0.4 is 10.6 Å². The maximum atomic E-state index is 11.2. The molecule has 0 radical (unpaired) electrons. The molecule has 0 fully saturated rings. The molecule has 0 aromatic carbocycles. The number of likely N-dealkylation sites (N-methyl/N-ethyl adjacent to an activating group) is 1. The molecule has 2 aromatic heterocycles. The highest BCUT2D eigenvalue weighted by molar-refractivity contribution is 5.75. The summed E-state index contributed by atoms with van der Waals surface area (Å²) in [5, 5.41) is 13.9. The number of hydrogen-bond acceptors (Lipinski definition) is 4. The Morgan fingerprint density at radius 1 is 1.42 bits per heavy atom. The van der Waals surface area contributed by atoms with E-state index in [1.54, 1.807) is 41.2 Å². The molecule has 0 atom stereocenters. The second-order valence-electron chi connectivity index (χ2n) is 3.96. The maximum absolute atomic E-state index is 11.2. The Kier molecular flexibility index (Phi) is 3.97. The lowest BCUT2D eigenvalue weighted by Crippen LogP contribution is -2.23. The second kappa shape index (κ2) is 5.85. The average molecular weight is 260 g/mol. The minimum absolute atomic E-state index is 0.0816. The highest BCUT2D eigenvalue weighted by Crippen LogP contribution is 2.07. The Morgan fingerprint density at radius 3 is 2.95 bits per heavy atom. The van der Waals surface area contributed by atoms with E-state index < -0.39 is 0 Å². The summed E-state index contributed by atoms with van der Waals surface area (Å²) in [4.78, 5) is 11.2. The molecule has 0 spiro atoms. The smallest absolute Gasteiger partial charge is 0.241 e. The van der Waals surface area contributed by atoms with Crippen molar-refractivity contribution in [2.24, 2.45) is 0 Å². The fourth-order valence-corrected chi connectivity index (χ4v) is 1.54. The first-order valence-corrected chi connectivity index (χ1v) is 5.83. The van der Waals surface area contributed by atoms with Gasteiger partial charge in [0, 0.05) is 37.7 Å². The van der Waals surface area contributed by atoms with Gasteiger partial charge >= 0.3 is 0 Å². The number of amides is 1. The van der Waals surface area contributed by atoms with Crippen molar-refractivity contribution in [3.8, 4) is 0 Å². The van der Waals surface area contributed by atoms with Crippen molar-refractivity contribution in [2.75, 3.05) is 12.4 Å². The molecule has 0 saturated carbocycles. The third-order valence-corrected chi connectivity index (χ3v) is 2.56. The van der Waals surface area contributed by atoms with Crippen LogP contribution in [0.4, 0.5) is 5.69 Å². The van der Waals surface area contributed by atoms with Crippen molar-refractivity contribution in [3.63, 3.8) is 0 Å². The van der Waals surface area contributed by atoms with Gasteiger partial charge in [-0.1, -0.05) is 6.58 Å². The first-order chi connectivity index (χ1) is 9.21. The van der Waals surface area contributed by atoms with E-state index in [4.69, 9.17) is 0 Å². The first-order valence-electron chi connectivity index (χ1n) is 5.83. The van der Waals surface area contributed by atoms with E-state index in [0.29, 0.717) is 6.54 Å². The number of rotatable bonds is 6. The molecule has 1 amide bonds. The van der Waals surface area contributed by atoms with Crippen molar-refractivity contribution in [3.05, 3.63) is 36.9 Å². The molecule has 100 valence electrons. The molecule has 0 aliphatic rings. The summed E-state index contributed by atoms with van der Waals surface area (Å²) in [6.45, 7) is 4.48. The van der Waals surface area contributed by atoms with Crippen LogP contribution in [-0.4, -0.2) is 32.5 Å². The minimum Gasteiger partial charge on any atom is -0.378 e. The van der Waals surface area contributed by atoms with Crippen LogP contribution in [0.25, 0.3) is 6.20 Å². The summed E-state index contributed by atoms with van der Waals surface area (Å²) in [7, 11) is 1.60. The topological polar surface area (TPSA) is 76.8 Å². The quantitative estimate of drug-likeness (QED) is 0.794. The molecule has 0 aliphatic heterocycles. The molecular weight excluding hydrogens is 244 g/mol. The van der Waals surface area contributed by atoms with Crippen molar-refractivity contribution in [2.45, 2.75) is 13.1 Å². The number of carbonyl (C=O) groups excluding carboxylic acids is 1. The van der Waals surface area contributed by atoms with Crippen molar-refractivity contribution >= 4 is 17.8 Å². The van der Waals surface area contributed by atoms with E-state index in [1.807, 2.05) is 6.20 Å². The zero-order valence-corrected chi connectivity index (χ0v) is 10.7. The van der Waals surface area contributed by atoms with Crippen LogP contribution in [-0.2, 0) is 17.9 Å². The van der Waals surface area contributed by atoms with Gasteiger partial charge in [-0.2, -0.15) is 10.2 Å². The number of carbonyl (C=O) groups is 1. The molecule has 2 heterocycles.